The minimum absolute atomic E-state index is 1.11. The van der Waals surface area contributed by atoms with Gasteiger partial charge in [0, 0.05) is 31.9 Å². The molecule has 2 aliphatic rings. The van der Waals surface area contributed by atoms with Crippen molar-refractivity contribution in [3.63, 3.8) is 0 Å². The zero-order chi connectivity index (χ0) is 9.80. The molecule has 0 unspecified atom stereocenters. The first kappa shape index (κ1) is 9.53. The van der Waals surface area contributed by atoms with Gasteiger partial charge in [0.15, 0.2) is 0 Å². The van der Waals surface area contributed by atoms with E-state index in [0.29, 0.717) is 0 Å². The van der Waals surface area contributed by atoms with Gasteiger partial charge in [0.2, 0.25) is 0 Å². The minimum atomic E-state index is 1.11. The highest BCUT2D eigenvalue weighted by Crippen LogP contribution is 2.20. The van der Waals surface area contributed by atoms with Crippen LogP contribution < -0.4 is 5.32 Å². The predicted molar refractivity (Wildman–Crippen MR) is 60.0 cm³/mol. The van der Waals surface area contributed by atoms with Gasteiger partial charge in [-0.3, -0.25) is 0 Å². The van der Waals surface area contributed by atoms with Gasteiger partial charge in [-0.25, -0.2) is 0 Å². The number of allylic oxidation sites excluding steroid dienone is 4. The molecule has 2 rings (SSSR count). The number of piperazine rings is 1. The van der Waals surface area contributed by atoms with E-state index in [-0.39, 0.29) is 0 Å². The van der Waals surface area contributed by atoms with Gasteiger partial charge in [0.1, 0.15) is 0 Å². The van der Waals surface area contributed by atoms with Crippen LogP contribution in [0.15, 0.2) is 36.1 Å². The van der Waals surface area contributed by atoms with Crippen molar-refractivity contribution in [2.24, 2.45) is 0 Å². The third-order valence-corrected chi connectivity index (χ3v) is 2.86. The second-order valence-electron chi connectivity index (χ2n) is 3.83. The second kappa shape index (κ2) is 4.47. The Bertz CT molecular complexity index is 270. The quantitative estimate of drug-likeness (QED) is 0.712. The molecule has 1 aliphatic carbocycles. The molecule has 1 heterocycles. The van der Waals surface area contributed by atoms with Crippen molar-refractivity contribution in [2.45, 2.75) is 12.8 Å². The third-order valence-electron chi connectivity index (χ3n) is 2.86. The molecule has 0 radical (unpaired) electrons. The van der Waals surface area contributed by atoms with Crippen LogP contribution in [-0.2, 0) is 0 Å². The summed E-state index contributed by atoms with van der Waals surface area (Å²) in [5.74, 6) is 0. The van der Waals surface area contributed by atoms with Gasteiger partial charge < -0.3 is 10.2 Å². The molecule has 0 aromatic heterocycles. The molecule has 0 spiro atoms. The van der Waals surface area contributed by atoms with Gasteiger partial charge in [0.05, 0.1) is 0 Å². The van der Waals surface area contributed by atoms with Gasteiger partial charge in [-0.1, -0.05) is 18.7 Å². The van der Waals surface area contributed by atoms with E-state index < -0.39 is 0 Å². The van der Waals surface area contributed by atoms with Crippen LogP contribution in [0, 0.1) is 0 Å². The summed E-state index contributed by atoms with van der Waals surface area (Å²) in [5.41, 5.74) is 2.77. The van der Waals surface area contributed by atoms with Gasteiger partial charge in [-0.2, -0.15) is 0 Å². The molecule has 0 aromatic carbocycles. The summed E-state index contributed by atoms with van der Waals surface area (Å²) in [6.07, 6.45) is 8.92. The molecule has 2 nitrogen and oxygen atoms in total. The average molecular weight is 190 g/mol. The first-order valence-electron chi connectivity index (χ1n) is 5.39. The van der Waals surface area contributed by atoms with E-state index >= 15 is 0 Å². The Morgan fingerprint density at radius 1 is 1.36 bits per heavy atom. The minimum Gasteiger partial charge on any atom is -0.369 e. The van der Waals surface area contributed by atoms with Crippen molar-refractivity contribution in [1.29, 1.82) is 0 Å². The van der Waals surface area contributed by atoms with E-state index in [2.05, 4.69) is 28.9 Å². The average Bonchev–Trinajstić information content (AvgIpc) is 2.30. The summed E-state index contributed by atoms with van der Waals surface area (Å²) >= 11 is 0. The van der Waals surface area contributed by atoms with Crippen molar-refractivity contribution in [1.82, 2.24) is 10.2 Å². The Morgan fingerprint density at radius 2 is 2.14 bits per heavy atom. The zero-order valence-electron chi connectivity index (χ0n) is 8.63. The smallest absolute Gasteiger partial charge is 0.0329 e. The molecule has 0 atom stereocenters. The Balaban J connectivity index is 2.05. The Morgan fingerprint density at radius 3 is 2.86 bits per heavy atom. The van der Waals surface area contributed by atoms with Crippen LogP contribution in [-0.4, -0.2) is 31.1 Å². The topological polar surface area (TPSA) is 15.3 Å². The van der Waals surface area contributed by atoms with Gasteiger partial charge in [0.25, 0.3) is 0 Å². The van der Waals surface area contributed by atoms with Crippen molar-refractivity contribution in [3.05, 3.63) is 36.1 Å². The number of hydrogen-bond acceptors (Lipinski definition) is 2. The van der Waals surface area contributed by atoms with Crippen molar-refractivity contribution in [3.8, 4) is 0 Å². The van der Waals surface area contributed by atoms with E-state index in [0.717, 1.165) is 39.0 Å². The SMILES string of the molecule is C=CC1=CC(N2CCNCC2)=CCC1. The van der Waals surface area contributed by atoms with E-state index in [1.54, 1.807) is 0 Å². The Kier molecular flexibility index (Phi) is 3.04. The van der Waals surface area contributed by atoms with Crippen LogP contribution in [0.5, 0.6) is 0 Å². The standard InChI is InChI=1S/C12H18N2/c1-2-11-4-3-5-12(10-11)14-8-6-13-7-9-14/h2,5,10,13H,1,3-4,6-9H2. The first-order chi connectivity index (χ1) is 6.90. The highest BCUT2D eigenvalue weighted by Gasteiger charge is 2.13. The fourth-order valence-corrected chi connectivity index (χ4v) is 2.01. The summed E-state index contributed by atoms with van der Waals surface area (Å²) in [6, 6.07) is 0. The second-order valence-corrected chi connectivity index (χ2v) is 3.83. The van der Waals surface area contributed by atoms with Crippen LogP contribution in [0.2, 0.25) is 0 Å². The van der Waals surface area contributed by atoms with E-state index in [1.807, 2.05) is 6.08 Å². The van der Waals surface area contributed by atoms with Crippen molar-refractivity contribution in [2.75, 3.05) is 26.2 Å². The maximum Gasteiger partial charge on any atom is 0.0329 e. The lowest BCUT2D eigenvalue weighted by molar-refractivity contribution is 0.305. The van der Waals surface area contributed by atoms with Gasteiger partial charge >= 0.3 is 0 Å². The number of rotatable bonds is 2. The monoisotopic (exact) mass is 190 g/mol. The fraction of sp³-hybridized carbons (Fsp3) is 0.500. The van der Waals surface area contributed by atoms with Crippen LogP contribution in [0.3, 0.4) is 0 Å². The normalized spacial score (nSPS) is 22.7. The fourth-order valence-electron chi connectivity index (χ4n) is 2.01. The van der Waals surface area contributed by atoms with Crippen molar-refractivity contribution >= 4 is 0 Å². The van der Waals surface area contributed by atoms with Crippen LogP contribution in [0.1, 0.15) is 12.8 Å². The summed E-state index contributed by atoms with van der Waals surface area (Å²) in [7, 11) is 0. The van der Waals surface area contributed by atoms with Crippen LogP contribution in [0.4, 0.5) is 0 Å². The molecule has 0 aromatic rings. The highest BCUT2D eigenvalue weighted by molar-refractivity contribution is 5.32. The van der Waals surface area contributed by atoms with E-state index in [4.69, 9.17) is 0 Å². The molecular weight excluding hydrogens is 172 g/mol. The largest absolute Gasteiger partial charge is 0.369 e. The van der Waals surface area contributed by atoms with Gasteiger partial charge in [-0.15, -0.1) is 0 Å². The summed E-state index contributed by atoms with van der Waals surface area (Å²) in [6.45, 7) is 8.31. The number of nitrogens with one attached hydrogen (secondary N) is 1. The molecule has 14 heavy (non-hydrogen) atoms. The lowest BCUT2D eigenvalue weighted by Gasteiger charge is -2.31. The van der Waals surface area contributed by atoms with Crippen LogP contribution >= 0.6 is 0 Å². The summed E-state index contributed by atoms with van der Waals surface area (Å²) < 4.78 is 0. The molecule has 1 N–H and O–H groups in total. The molecule has 0 bridgehead atoms. The first-order valence-corrected chi connectivity index (χ1v) is 5.39. The Labute approximate surface area is 86.0 Å². The number of hydrogen-bond donors (Lipinski definition) is 1. The maximum atomic E-state index is 3.84. The van der Waals surface area contributed by atoms with Crippen LogP contribution in [0.25, 0.3) is 0 Å². The van der Waals surface area contributed by atoms with E-state index in [9.17, 15) is 0 Å². The van der Waals surface area contributed by atoms with Crippen molar-refractivity contribution < 1.29 is 0 Å². The molecule has 76 valence electrons. The van der Waals surface area contributed by atoms with E-state index in [1.165, 1.54) is 11.3 Å². The molecular formula is C12H18N2. The van der Waals surface area contributed by atoms with Gasteiger partial charge in [-0.05, 0) is 24.5 Å². The molecule has 2 heteroatoms. The lowest BCUT2D eigenvalue weighted by Crippen LogP contribution is -2.42. The maximum absolute atomic E-state index is 3.84. The summed E-state index contributed by atoms with van der Waals surface area (Å²) in [4.78, 5) is 2.46. The summed E-state index contributed by atoms with van der Waals surface area (Å²) in [5, 5.41) is 3.37. The predicted octanol–water partition coefficient (Wildman–Crippen LogP) is 1.68. The number of nitrogens with zero attached hydrogens (tertiary/aromatic N) is 1. The third kappa shape index (κ3) is 2.07. The molecule has 1 aliphatic heterocycles. The molecule has 0 saturated carbocycles. The highest BCUT2D eigenvalue weighted by atomic mass is 15.2. The molecule has 1 fully saturated rings. The molecule has 0 amide bonds. The molecule has 1 saturated heterocycles. The zero-order valence-corrected chi connectivity index (χ0v) is 8.63. The lowest BCUT2D eigenvalue weighted by atomic mass is 10.0. The Hall–Kier alpha value is -1.02.